The van der Waals surface area contributed by atoms with Crippen LogP contribution in [0.15, 0.2) is 0 Å². The maximum absolute atomic E-state index is 12.5. The van der Waals surface area contributed by atoms with E-state index in [0.717, 1.165) is 61.2 Å². The highest BCUT2D eigenvalue weighted by molar-refractivity contribution is 5.70. The molecule has 0 fully saturated rings. The fourth-order valence-electron chi connectivity index (χ4n) is 6.96. The van der Waals surface area contributed by atoms with Gasteiger partial charge in [-0.3, -0.25) is 9.59 Å². The highest BCUT2D eigenvalue weighted by atomic mass is 16.6. The third-order valence-corrected chi connectivity index (χ3v) is 10.5. The van der Waals surface area contributed by atoms with Crippen molar-refractivity contribution in [2.24, 2.45) is 47.3 Å². The number of esters is 2. The van der Waals surface area contributed by atoms with Gasteiger partial charge in [0.05, 0.1) is 6.61 Å². The highest BCUT2D eigenvalue weighted by Crippen LogP contribution is 2.24. The Morgan fingerprint density at radius 3 is 1.04 bits per heavy atom. The molecular formula is C43H84O5. The van der Waals surface area contributed by atoms with Crippen LogP contribution in [0.25, 0.3) is 0 Å². The van der Waals surface area contributed by atoms with Gasteiger partial charge in [0.15, 0.2) is 6.10 Å². The molecule has 48 heavy (non-hydrogen) atoms. The molecule has 0 aromatic rings. The van der Waals surface area contributed by atoms with Crippen LogP contribution in [0.4, 0.5) is 0 Å². The summed E-state index contributed by atoms with van der Waals surface area (Å²) < 4.78 is 10.9. The number of carbonyl (C=O) groups is 2. The number of hydrogen-bond donors (Lipinski definition) is 1. The highest BCUT2D eigenvalue weighted by Gasteiger charge is 2.20. The van der Waals surface area contributed by atoms with Gasteiger partial charge in [-0.1, -0.05) is 185 Å². The number of aliphatic hydroxyl groups is 1. The number of carbonyl (C=O) groups excluding carboxylic acids is 2. The lowest BCUT2D eigenvalue weighted by atomic mass is 9.91. The quantitative estimate of drug-likeness (QED) is 0.0716. The van der Waals surface area contributed by atoms with E-state index in [-0.39, 0.29) is 37.0 Å². The summed E-state index contributed by atoms with van der Waals surface area (Å²) in [7, 11) is 0. The summed E-state index contributed by atoms with van der Waals surface area (Å²) in [6, 6.07) is 0. The van der Waals surface area contributed by atoms with Gasteiger partial charge in [0.25, 0.3) is 0 Å². The minimum atomic E-state index is -0.796. The van der Waals surface area contributed by atoms with Crippen LogP contribution in [-0.4, -0.2) is 36.4 Å². The SMILES string of the molecule is CC(C)CCC[C@@H](C)CCC[C@@H](C)CCCC(C)CC(=O)OC[C@H](CO)OC(=O)CC(C)CCC[C@H](C)CCC[C@H](C)CCCC(C)C. The topological polar surface area (TPSA) is 72.8 Å². The van der Waals surface area contributed by atoms with E-state index in [1.807, 2.05) is 0 Å². The zero-order valence-corrected chi connectivity index (χ0v) is 33.8. The van der Waals surface area contributed by atoms with Crippen molar-refractivity contribution in [3.05, 3.63) is 0 Å². The molecule has 0 amide bonds. The van der Waals surface area contributed by atoms with Crippen molar-refractivity contribution in [1.29, 1.82) is 0 Å². The second-order valence-corrected chi connectivity index (χ2v) is 17.4. The van der Waals surface area contributed by atoms with E-state index in [0.29, 0.717) is 12.8 Å². The first kappa shape index (κ1) is 46.9. The summed E-state index contributed by atoms with van der Waals surface area (Å²) >= 11 is 0. The van der Waals surface area contributed by atoms with Gasteiger partial charge in [-0.25, -0.2) is 0 Å². The molecule has 5 nitrogen and oxygen atoms in total. The summed E-state index contributed by atoms with van der Waals surface area (Å²) in [5.74, 6) is 4.64. The maximum atomic E-state index is 12.5. The summed E-state index contributed by atoms with van der Waals surface area (Å²) in [4.78, 5) is 25.0. The average Bonchev–Trinajstić information content (AvgIpc) is 2.98. The molecule has 5 heteroatoms. The molecule has 0 aliphatic rings. The number of hydrogen-bond acceptors (Lipinski definition) is 5. The smallest absolute Gasteiger partial charge is 0.306 e. The molecular weight excluding hydrogens is 596 g/mol. The van der Waals surface area contributed by atoms with Crippen molar-refractivity contribution in [2.75, 3.05) is 13.2 Å². The molecule has 0 aliphatic carbocycles. The summed E-state index contributed by atoms with van der Waals surface area (Å²) in [6.45, 7) is 22.5. The van der Waals surface area contributed by atoms with E-state index in [1.54, 1.807) is 0 Å². The van der Waals surface area contributed by atoms with Crippen molar-refractivity contribution in [2.45, 2.75) is 204 Å². The van der Waals surface area contributed by atoms with Crippen LogP contribution < -0.4 is 0 Å². The summed E-state index contributed by atoms with van der Waals surface area (Å²) in [6.07, 6.45) is 22.6. The Morgan fingerprint density at radius 2 is 0.729 bits per heavy atom. The lowest BCUT2D eigenvalue weighted by molar-refractivity contribution is -0.162. The summed E-state index contributed by atoms with van der Waals surface area (Å²) in [5, 5.41) is 9.73. The zero-order valence-electron chi connectivity index (χ0n) is 33.8. The predicted molar refractivity (Wildman–Crippen MR) is 205 cm³/mol. The third kappa shape index (κ3) is 29.8. The Morgan fingerprint density at radius 1 is 0.438 bits per heavy atom. The molecule has 0 rings (SSSR count). The average molecular weight is 681 g/mol. The molecule has 0 saturated heterocycles. The van der Waals surface area contributed by atoms with E-state index >= 15 is 0 Å². The van der Waals surface area contributed by atoms with E-state index < -0.39 is 6.10 Å². The second kappa shape index (κ2) is 29.6. The van der Waals surface area contributed by atoms with Crippen LogP contribution in [0.3, 0.4) is 0 Å². The Labute approximate surface area is 299 Å². The van der Waals surface area contributed by atoms with Crippen LogP contribution in [0.2, 0.25) is 0 Å². The van der Waals surface area contributed by atoms with Crippen LogP contribution in [-0.2, 0) is 19.1 Å². The van der Waals surface area contributed by atoms with Gasteiger partial charge in [0.2, 0.25) is 0 Å². The molecule has 0 aromatic carbocycles. The molecule has 0 bridgehead atoms. The number of ether oxygens (including phenoxy) is 2. The van der Waals surface area contributed by atoms with Crippen LogP contribution >= 0.6 is 0 Å². The van der Waals surface area contributed by atoms with E-state index in [2.05, 4.69) is 69.2 Å². The van der Waals surface area contributed by atoms with Gasteiger partial charge in [0, 0.05) is 12.8 Å². The van der Waals surface area contributed by atoms with Crippen molar-refractivity contribution in [3.8, 4) is 0 Å². The van der Waals surface area contributed by atoms with E-state index in [4.69, 9.17) is 9.47 Å². The van der Waals surface area contributed by atoms with Crippen LogP contribution in [0.5, 0.6) is 0 Å². The fourth-order valence-corrected chi connectivity index (χ4v) is 6.96. The first-order valence-corrected chi connectivity index (χ1v) is 20.7. The number of aliphatic hydroxyl groups excluding tert-OH is 1. The minimum Gasteiger partial charge on any atom is -0.462 e. The lowest BCUT2D eigenvalue weighted by Crippen LogP contribution is -2.29. The van der Waals surface area contributed by atoms with E-state index in [1.165, 1.54) is 89.9 Å². The first-order valence-electron chi connectivity index (χ1n) is 20.7. The molecule has 0 heterocycles. The second-order valence-electron chi connectivity index (χ2n) is 17.4. The van der Waals surface area contributed by atoms with Gasteiger partial charge in [0.1, 0.15) is 6.61 Å². The molecule has 1 N–H and O–H groups in total. The molecule has 0 spiro atoms. The van der Waals surface area contributed by atoms with Gasteiger partial charge < -0.3 is 14.6 Å². The van der Waals surface area contributed by atoms with Crippen LogP contribution in [0, 0.1) is 47.3 Å². The van der Waals surface area contributed by atoms with Crippen molar-refractivity contribution < 1.29 is 24.2 Å². The fraction of sp³-hybridized carbons (Fsp3) is 0.953. The minimum absolute atomic E-state index is 0.0804. The van der Waals surface area contributed by atoms with Crippen molar-refractivity contribution >= 4 is 11.9 Å². The monoisotopic (exact) mass is 681 g/mol. The molecule has 2 unspecified atom stereocenters. The molecule has 0 radical (unpaired) electrons. The third-order valence-electron chi connectivity index (χ3n) is 10.5. The Hall–Kier alpha value is -1.10. The Kier molecular flexibility index (Phi) is 28.9. The van der Waals surface area contributed by atoms with Crippen molar-refractivity contribution in [3.63, 3.8) is 0 Å². The van der Waals surface area contributed by atoms with E-state index in [9.17, 15) is 14.7 Å². The molecule has 0 aromatic heterocycles. The first-order chi connectivity index (χ1) is 22.7. The van der Waals surface area contributed by atoms with Crippen LogP contribution in [0.1, 0.15) is 198 Å². The molecule has 7 atom stereocenters. The predicted octanol–water partition coefficient (Wildman–Crippen LogP) is 12.4. The standard InChI is InChI=1S/C43H84O5/c1-33(2)17-11-19-35(5)21-13-23-37(7)25-15-27-39(9)29-42(45)47-32-41(31-44)48-43(46)30-40(10)28-16-26-38(8)24-14-22-36(6)20-12-18-34(3)4/h33-41,44H,11-32H2,1-10H3/t35-,36-,37-,38-,39?,40?,41+/m1/s1. The van der Waals surface area contributed by atoms with Gasteiger partial charge >= 0.3 is 11.9 Å². The normalized spacial score (nSPS) is 16.4. The zero-order chi connectivity index (χ0) is 36.3. The number of rotatable bonds is 32. The maximum Gasteiger partial charge on any atom is 0.306 e. The summed E-state index contributed by atoms with van der Waals surface area (Å²) in [5.41, 5.74) is 0. The van der Waals surface area contributed by atoms with Gasteiger partial charge in [-0.15, -0.1) is 0 Å². The van der Waals surface area contributed by atoms with Gasteiger partial charge in [-0.2, -0.15) is 0 Å². The largest absolute Gasteiger partial charge is 0.462 e. The Bertz CT molecular complexity index is 764. The van der Waals surface area contributed by atoms with Gasteiger partial charge in [-0.05, 0) is 47.3 Å². The molecule has 0 saturated carbocycles. The molecule has 286 valence electrons. The lowest BCUT2D eigenvalue weighted by Gasteiger charge is -2.19. The molecule has 0 aliphatic heterocycles. The van der Waals surface area contributed by atoms with Crippen molar-refractivity contribution in [1.82, 2.24) is 0 Å². The Balaban J connectivity index is 4.03.